The predicted octanol–water partition coefficient (Wildman–Crippen LogP) is 3.00. The SMILES string of the molecule is CCC(=NNC(=O)c1cccs1)c1ccc(OCCN2CCOCC2)cc1. The third kappa shape index (κ3) is 5.89. The highest BCUT2D eigenvalue weighted by Gasteiger charge is 2.10. The van der Waals surface area contributed by atoms with Crippen LogP contribution in [0.1, 0.15) is 28.6 Å². The van der Waals surface area contributed by atoms with Crippen LogP contribution in [0, 0.1) is 0 Å². The predicted molar refractivity (Wildman–Crippen MR) is 108 cm³/mol. The molecule has 0 spiro atoms. The zero-order valence-corrected chi connectivity index (χ0v) is 16.3. The van der Waals surface area contributed by atoms with Crippen molar-refractivity contribution in [2.24, 2.45) is 5.10 Å². The number of hydrogen-bond acceptors (Lipinski definition) is 6. The molecule has 6 nitrogen and oxygen atoms in total. The Morgan fingerprint density at radius 3 is 2.70 bits per heavy atom. The Morgan fingerprint density at radius 1 is 1.26 bits per heavy atom. The highest BCUT2D eigenvalue weighted by atomic mass is 32.1. The van der Waals surface area contributed by atoms with Gasteiger partial charge in [0.2, 0.25) is 0 Å². The number of carbonyl (C=O) groups excluding carboxylic acids is 1. The fourth-order valence-electron chi connectivity index (χ4n) is 2.79. The highest BCUT2D eigenvalue weighted by Crippen LogP contribution is 2.14. The molecule has 1 saturated heterocycles. The molecule has 2 heterocycles. The number of morpholine rings is 1. The van der Waals surface area contributed by atoms with Crippen LogP contribution < -0.4 is 10.2 Å². The fraction of sp³-hybridized carbons (Fsp3) is 0.400. The lowest BCUT2D eigenvalue weighted by Crippen LogP contribution is -2.38. The molecule has 0 atom stereocenters. The number of hydrogen-bond donors (Lipinski definition) is 1. The lowest BCUT2D eigenvalue weighted by molar-refractivity contribution is 0.0322. The molecule has 0 bridgehead atoms. The second-order valence-corrected chi connectivity index (χ2v) is 7.10. The van der Waals surface area contributed by atoms with Gasteiger partial charge in [0.05, 0.1) is 23.8 Å². The van der Waals surface area contributed by atoms with Crippen molar-refractivity contribution in [3.8, 4) is 5.75 Å². The van der Waals surface area contributed by atoms with Crippen molar-refractivity contribution in [3.63, 3.8) is 0 Å². The van der Waals surface area contributed by atoms with Gasteiger partial charge in [-0.2, -0.15) is 5.10 Å². The molecule has 1 aliphatic rings. The third-order valence-electron chi connectivity index (χ3n) is 4.34. The summed E-state index contributed by atoms with van der Waals surface area (Å²) >= 11 is 1.40. The summed E-state index contributed by atoms with van der Waals surface area (Å²) in [7, 11) is 0. The van der Waals surface area contributed by atoms with E-state index in [-0.39, 0.29) is 5.91 Å². The van der Waals surface area contributed by atoms with E-state index in [9.17, 15) is 4.79 Å². The van der Waals surface area contributed by atoms with Crippen molar-refractivity contribution in [2.75, 3.05) is 39.5 Å². The van der Waals surface area contributed by atoms with E-state index in [2.05, 4.69) is 15.4 Å². The van der Waals surface area contributed by atoms with Crippen molar-refractivity contribution >= 4 is 23.0 Å². The van der Waals surface area contributed by atoms with Crippen LogP contribution in [-0.2, 0) is 4.74 Å². The minimum Gasteiger partial charge on any atom is -0.492 e. The normalized spacial score (nSPS) is 15.5. The summed E-state index contributed by atoms with van der Waals surface area (Å²) in [6.45, 7) is 7.12. The van der Waals surface area contributed by atoms with Gasteiger partial charge in [0.15, 0.2) is 0 Å². The number of thiophene rings is 1. The average Bonchev–Trinajstić information content (AvgIpc) is 3.25. The van der Waals surface area contributed by atoms with E-state index in [4.69, 9.17) is 9.47 Å². The van der Waals surface area contributed by atoms with Crippen LogP contribution in [0.3, 0.4) is 0 Å². The van der Waals surface area contributed by atoms with Crippen molar-refractivity contribution in [2.45, 2.75) is 13.3 Å². The van der Waals surface area contributed by atoms with Gasteiger partial charge in [0.1, 0.15) is 12.4 Å². The molecule has 1 N–H and O–H groups in total. The molecule has 1 aliphatic heterocycles. The van der Waals surface area contributed by atoms with Gasteiger partial charge in [0.25, 0.3) is 5.91 Å². The minimum absolute atomic E-state index is 0.181. The van der Waals surface area contributed by atoms with Gasteiger partial charge in [-0.1, -0.05) is 13.0 Å². The summed E-state index contributed by atoms with van der Waals surface area (Å²) in [5, 5.41) is 6.16. The van der Waals surface area contributed by atoms with Crippen LogP contribution in [-0.4, -0.2) is 56.0 Å². The van der Waals surface area contributed by atoms with Crippen LogP contribution >= 0.6 is 11.3 Å². The maximum atomic E-state index is 12.0. The Hall–Kier alpha value is -2.22. The number of nitrogens with one attached hydrogen (secondary N) is 1. The van der Waals surface area contributed by atoms with E-state index < -0.39 is 0 Å². The summed E-state index contributed by atoms with van der Waals surface area (Å²) in [4.78, 5) is 15.0. The number of amides is 1. The summed E-state index contributed by atoms with van der Waals surface area (Å²) in [5.41, 5.74) is 4.44. The third-order valence-corrected chi connectivity index (χ3v) is 5.21. The molecule has 1 fully saturated rings. The number of rotatable bonds is 8. The Bertz CT molecular complexity index is 738. The van der Waals surface area contributed by atoms with E-state index in [0.717, 1.165) is 56.3 Å². The smallest absolute Gasteiger partial charge is 0.281 e. The van der Waals surface area contributed by atoms with E-state index in [1.807, 2.05) is 42.6 Å². The lowest BCUT2D eigenvalue weighted by Gasteiger charge is -2.26. The Kier molecular flexibility index (Phi) is 7.38. The Morgan fingerprint density at radius 2 is 2.04 bits per heavy atom. The lowest BCUT2D eigenvalue weighted by atomic mass is 10.1. The van der Waals surface area contributed by atoms with Crippen LogP contribution in [0.5, 0.6) is 5.75 Å². The van der Waals surface area contributed by atoms with E-state index >= 15 is 0 Å². The molecule has 27 heavy (non-hydrogen) atoms. The molecule has 0 unspecified atom stereocenters. The van der Waals surface area contributed by atoms with E-state index in [1.165, 1.54) is 11.3 Å². The largest absolute Gasteiger partial charge is 0.492 e. The van der Waals surface area contributed by atoms with Gasteiger partial charge in [-0.25, -0.2) is 5.43 Å². The number of benzene rings is 1. The van der Waals surface area contributed by atoms with Gasteiger partial charge >= 0.3 is 0 Å². The topological polar surface area (TPSA) is 63.2 Å². The van der Waals surface area contributed by atoms with Crippen molar-refractivity contribution in [3.05, 3.63) is 52.2 Å². The molecular weight excluding hydrogens is 362 g/mol. The number of nitrogens with zero attached hydrogens (tertiary/aromatic N) is 2. The van der Waals surface area contributed by atoms with Gasteiger partial charge in [0, 0.05) is 19.6 Å². The van der Waals surface area contributed by atoms with Crippen LogP contribution in [0.25, 0.3) is 0 Å². The molecule has 144 valence electrons. The van der Waals surface area contributed by atoms with Crippen molar-refractivity contribution in [1.82, 2.24) is 10.3 Å². The standard InChI is InChI=1S/C20H25N3O3S/c1-2-18(21-22-20(24)19-4-3-15-27-19)16-5-7-17(8-6-16)26-14-11-23-9-12-25-13-10-23/h3-8,15H,2,9-14H2,1H3,(H,22,24). The molecule has 0 aliphatic carbocycles. The van der Waals surface area contributed by atoms with Crippen LogP contribution in [0.15, 0.2) is 46.9 Å². The molecule has 0 radical (unpaired) electrons. The average molecular weight is 388 g/mol. The fourth-order valence-corrected chi connectivity index (χ4v) is 3.40. The van der Waals surface area contributed by atoms with Gasteiger partial charge in [-0.3, -0.25) is 9.69 Å². The first-order valence-corrected chi connectivity index (χ1v) is 10.1. The summed E-state index contributed by atoms with van der Waals surface area (Å²) < 4.78 is 11.2. The first-order valence-electron chi connectivity index (χ1n) is 9.20. The second kappa shape index (κ2) is 10.2. The quantitative estimate of drug-likeness (QED) is 0.559. The number of hydrazone groups is 1. The second-order valence-electron chi connectivity index (χ2n) is 6.16. The highest BCUT2D eigenvalue weighted by molar-refractivity contribution is 7.12. The first-order chi connectivity index (χ1) is 13.3. The maximum Gasteiger partial charge on any atom is 0.281 e. The molecule has 1 amide bonds. The molecule has 2 aromatic rings. The maximum absolute atomic E-state index is 12.0. The van der Waals surface area contributed by atoms with Crippen molar-refractivity contribution in [1.29, 1.82) is 0 Å². The molecule has 3 rings (SSSR count). The molecule has 1 aromatic heterocycles. The summed E-state index contributed by atoms with van der Waals surface area (Å²) in [5.74, 6) is 0.657. The minimum atomic E-state index is -0.181. The summed E-state index contributed by atoms with van der Waals surface area (Å²) in [6.07, 6.45) is 0.724. The van der Waals surface area contributed by atoms with Gasteiger partial charge in [-0.05, 0) is 47.7 Å². The Balaban J connectivity index is 1.51. The number of carbonyl (C=O) groups is 1. The van der Waals surface area contributed by atoms with E-state index in [0.29, 0.717) is 11.5 Å². The zero-order valence-electron chi connectivity index (χ0n) is 15.5. The zero-order chi connectivity index (χ0) is 18.9. The number of ether oxygens (including phenoxy) is 2. The van der Waals surface area contributed by atoms with Gasteiger partial charge < -0.3 is 9.47 Å². The first kappa shape index (κ1) is 19.5. The molecular formula is C20H25N3O3S. The molecule has 7 heteroatoms. The molecule has 1 aromatic carbocycles. The van der Waals surface area contributed by atoms with Crippen LogP contribution in [0.2, 0.25) is 0 Å². The molecule has 0 saturated carbocycles. The summed E-state index contributed by atoms with van der Waals surface area (Å²) in [6, 6.07) is 11.5. The van der Waals surface area contributed by atoms with Crippen LogP contribution in [0.4, 0.5) is 0 Å². The van der Waals surface area contributed by atoms with Crippen molar-refractivity contribution < 1.29 is 14.3 Å². The monoisotopic (exact) mass is 387 g/mol. The van der Waals surface area contributed by atoms with Gasteiger partial charge in [-0.15, -0.1) is 11.3 Å². The van der Waals surface area contributed by atoms with E-state index in [1.54, 1.807) is 6.07 Å². The Labute approximate surface area is 163 Å².